The van der Waals surface area contributed by atoms with Crippen LogP contribution in [0.15, 0.2) is 41.6 Å². The van der Waals surface area contributed by atoms with Crippen molar-refractivity contribution < 1.29 is 24.3 Å². The van der Waals surface area contributed by atoms with Gasteiger partial charge >= 0.3 is 5.97 Å². The average Bonchev–Trinajstić information content (AvgIpc) is 2.70. The van der Waals surface area contributed by atoms with Gasteiger partial charge in [-0.15, -0.1) is 11.8 Å². The van der Waals surface area contributed by atoms with E-state index in [4.69, 9.17) is 9.47 Å². The van der Waals surface area contributed by atoms with E-state index in [0.717, 1.165) is 23.3 Å². The molecule has 1 aliphatic carbocycles. The fourth-order valence-corrected chi connectivity index (χ4v) is 5.12. The van der Waals surface area contributed by atoms with E-state index in [2.05, 4.69) is 6.07 Å². The van der Waals surface area contributed by atoms with Crippen molar-refractivity contribution in [2.75, 3.05) is 19.0 Å². The van der Waals surface area contributed by atoms with Crippen molar-refractivity contribution in [2.45, 2.75) is 57.0 Å². The summed E-state index contributed by atoms with van der Waals surface area (Å²) in [5.41, 5.74) is 2.64. The van der Waals surface area contributed by atoms with Crippen LogP contribution in [0, 0.1) is 17.0 Å². The van der Waals surface area contributed by atoms with Gasteiger partial charge in [0.25, 0.3) is 5.70 Å². The van der Waals surface area contributed by atoms with E-state index in [1.54, 1.807) is 38.6 Å². The first-order valence-corrected chi connectivity index (χ1v) is 11.3. The highest BCUT2D eigenvalue weighted by Gasteiger charge is 2.40. The van der Waals surface area contributed by atoms with Crippen LogP contribution in [0.4, 0.5) is 0 Å². The van der Waals surface area contributed by atoms with Crippen LogP contribution in [0.1, 0.15) is 43.9 Å². The van der Waals surface area contributed by atoms with Gasteiger partial charge in [-0.1, -0.05) is 29.8 Å². The molecule has 1 heterocycles. The molecule has 3 rings (SSSR count). The van der Waals surface area contributed by atoms with Crippen LogP contribution in [0.2, 0.25) is 0 Å². The maximum absolute atomic E-state index is 12.3. The molecule has 0 aromatic heterocycles. The van der Waals surface area contributed by atoms with Crippen molar-refractivity contribution in [1.29, 1.82) is 0 Å². The Bertz CT molecular complexity index is 932. The molecule has 7 nitrogen and oxygen atoms in total. The molecule has 0 bridgehead atoms. The van der Waals surface area contributed by atoms with E-state index in [1.807, 2.05) is 19.1 Å². The second kappa shape index (κ2) is 9.14. The maximum atomic E-state index is 12.3. The van der Waals surface area contributed by atoms with E-state index in [0.29, 0.717) is 0 Å². The standard InChI is InChI=1S/C23H29NO6S/c1-15-5-7-18-16(11-15)9-10-31-23(18,13-25)14-29-20-8-6-17(12-19(20)24(27)28)21(26)30-22(2,3)4/h5-7,11-12,20,25H,8-10,13-14H2,1-4H3. The number of aryl methyl sites for hydroxylation is 2. The summed E-state index contributed by atoms with van der Waals surface area (Å²) in [4.78, 5) is 23.5. The molecule has 0 spiro atoms. The van der Waals surface area contributed by atoms with Gasteiger partial charge in [-0.2, -0.15) is 0 Å². The third-order valence-electron chi connectivity index (χ3n) is 5.30. The van der Waals surface area contributed by atoms with Crippen molar-refractivity contribution in [3.63, 3.8) is 0 Å². The first-order chi connectivity index (χ1) is 14.5. The minimum absolute atomic E-state index is 0.128. The van der Waals surface area contributed by atoms with Crippen LogP contribution in [-0.4, -0.2) is 46.7 Å². The number of esters is 1. The highest BCUT2D eigenvalue weighted by atomic mass is 32.2. The largest absolute Gasteiger partial charge is 0.456 e. The van der Waals surface area contributed by atoms with Crippen molar-refractivity contribution in [3.8, 4) is 0 Å². The Labute approximate surface area is 186 Å². The number of carbonyl (C=O) groups is 1. The average molecular weight is 448 g/mol. The van der Waals surface area contributed by atoms with Gasteiger partial charge in [-0.05, 0) is 51.0 Å². The molecule has 0 saturated carbocycles. The van der Waals surface area contributed by atoms with Crippen LogP contribution < -0.4 is 0 Å². The number of hydrogen-bond acceptors (Lipinski definition) is 7. The number of thioether (sulfide) groups is 1. The summed E-state index contributed by atoms with van der Waals surface area (Å²) in [5, 5.41) is 21.9. The van der Waals surface area contributed by atoms with Gasteiger partial charge < -0.3 is 14.6 Å². The maximum Gasteiger partial charge on any atom is 0.338 e. The number of benzene rings is 1. The van der Waals surface area contributed by atoms with Gasteiger partial charge in [-0.25, -0.2) is 4.79 Å². The van der Waals surface area contributed by atoms with Crippen LogP contribution in [0.5, 0.6) is 0 Å². The van der Waals surface area contributed by atoms with Gasteiger partial charge in [0.1, 0.15) is 5.60 Å². The second-order valence-corrected chi connectivity index (χ2v) is 10.4. The third-order valence-corrected chi connectivity index (χ3v) is 6.73. The second-order valence-electron chi connectivity index (χ2n) is 8.93. The number of aliphatic hydroxyl groups excluding tert-OH is 1. The number of fused-ring (bicyclic) bond motifs is 1. The summed E-state index contributed by atoms with van der Waals surface area (Å²) >= 11 is 1.62. The molecule has 0 fully saturated rings. The lowest BCUT2D eigenvalue weighted by Crippen LogP contribution is -2.39. The number of aliphatic hydroxyl groups is 1. The molecule has 1 aliphatic heterocycles. The fraction of sp³-hybridized carbons (Fsp3) is 0.522. The Morgan fingerprint density at radius 2 is 2.13 bits per heavy atom. The lowest BCUT2D eigenvalue weighted by atomic mass is 9.91. The molecule has 0 radical (unpaired) electrons. The van der Waals surface area contributed by atoms with Crippen molar-refractivity contribution >= 4 is 17.7 Å². The molecule has 31 heavy (non-hydrogen) atoms. The van der Waals surface area contributed by atoms with Crippen molar-refractivity contribution in [1.82, 2.24) is 0 Å². The first-order valence-electron chi connectivity index (χ1n) is 10.3. The zero-order valence-corrected chi connectivity index (χ0v) is 19.2. The van der Waals surface area contributed by atoms with Crippen molar-refractivity contribution in [3.05, 3.63) is 68.4 Å². The van der Waals surface area contributed by atoms with Gasteiger partial charge in [0, 0.05) is 12.5 Å². The molecule has 2 aliphatic rings. The quantitative estimate of drug-likeness (QED) is 0.403. The molecular weight excluding hydrogens is 418 g/mol. The number of nitro groups is 1. The normalized spacial score (nSPS) is 23.5. The molecule has 2 unspecified atom stereocenters. The van der Waals surface area contributed by atoms with E-state index in [-0.39, 0.29) is 30.9 Å². The number of nitrogens with zero attached hydrogens (tertiary/aromatic N) is 1. The zero-order chi connectivity index (χ0) is 22.8. The van der Waals surface area contributed by atoms with E-state index in [9.17, 15) is 20.0 Å². The summed E-state index contributed by atoms with van der Waals surface area (Å²) in [5.74, 6) is 0.246. The smallest absolute Gasteiger partial charge is 0.338 e. The lowest BCUT2D eigenvalue weighted by molar-refractivity contribution is -0.437. The van der Waals surface area contributed by atoms with E-state index < -0.39 is 27.3 Å². The Kier molecular flexibility index (Phi) is 6.93. The minimum Gasteiger partial charge on any atom is -0.456 e. The number of rotatable bonds is 6. The minimum atomic E-state index is -0.805. The summed E-state index contributed by atoms with van der Waals surface area (Å²) in [6.45, 7) is 7.27. The Morgan fingerprint density at radius 1 is 1.39 bits per heavy atom. The molecule has 1 N–H and O–H groups in total. The summed E-state index contributed by atoms with van der Waals surface area (Å²) in [6.07, 6.45) is 3.14. The molecule has 8 heteroatoms. The predicted molar refractivity (Wildman–Crippen MR) is 119 cm³/mol. The Morgan fingerprint density at radius 3 is 2.77 bits per heavy atom. The Hall–Kier alpha value is -2.16. The molecule has 168 valence electrons. The van der Waals surface area contributed by atoms with Crippen molar-refractivity contribution in [2.24, 2.45) is 0 Å². The van der Waals surface area contributed by atoms with Gasteiger partial charge in [-0.3, -0.25) is 10.1 Å². The molecule has 0 amide bonds. The predicted octanol–water partition coefficient (Wildman–Crippen LogP) is 3.69. The van der Waals surface area contributed by atoms with Gasteiger partial charge in [0.15, 0.2) is 6.10 Å². The molecular formula is C23H29NO6S. The van der Waals surface area contributed by atoms with Crippen LogP contribution in [0.3, 0.4) is 0 Å². The third kappa shape index (κ3) is 5.37. The number of hydrogen-bond donors (Lipinski definition) is 1. The van der Waals surface area contributed by atoms with E-state index in [1.165, 1.54) is 11.6 Å². The summed E-state index contributed by atoms with van der Waals surface area (Å²) < 4.78 is 10.7. The van der Waals surface area contributed by atoms with Gasteiger partial charge in [0.05, 0.1) is 28.5 Å². The first kappa shape index (κ1) is 23.5. The molecule has 1 aromatic carbocycles. The van der Waals surface area contributed by atoms with Gasteiger partial charge in [0.2, 0.25) is 0 Å². The fourth-order valence-electron chi connectivity index (χ4n) is 3.81. The monoisotopic (exact) mass is 447 g/mol. The molecule has 2 atom stereocenters. The molecule has 1 aromatic rings. The zero-order valence-electron chi connectivity index (χ0n) is 18.3. The van der Waals surface area contributed by atoms with Crippen LogP contribution in [0.25, 0.3) is 0 Å². The Balaban J connectivity index is 1.78. The highest BCUT2D eigenvalue weighted by Crippen LogP contribution is 2.43. The number of ether oxygens (including phenoxy) is 2. The molecule has 0 saturated heterocycles. The van der Waals surface area contributed by atoms with Crippen LogP contribution >= 0.6 is 11.8 Å². The topological polar surface area (TPSA) is 98.9 Å². The lowest BCUT2D eigenvalue weighted by Gasteiger charge is -2.38. The SMILES string of the molecule is Cc1ccc2c(c1)CCSC2(CO)COC1CC=C(C(=O)OC(C)(C)C)C=C1[N+](=O)[O-]. The van der Waals surface area contributed by atoms with E-state index >= 15 is 0 Å². The summed E-state index contributed by atoms with van der Waals surface area (Å²) in [7, 11) is 0. The van der Waals surface area contributed by atoms with Crippen LogP contribution in [-0.2, 0) is 25.4 Å². The summed E-state index contributed by atoms with van der Waals surface area (Å²) in [6, 6.07) is 6.15. The highest BCUT2D eigenvalue weighted by molar-refractivity contribution is 8.00. The number of carbonyl (C=O) groups excluding carboxylic acids is 1.